The molecule has 138 valence electrons. The number of halogens is 2. The van der Waals surface area contributed by atoms with Crippen LogP contribution in [-0.4, -0.2) is 26.3 Å². The Morgan fingerprint density at radius 1 is 1.15 bits per heavy atom. The fourth-order valence-electron chi connectivity index (χ4n) is 2.65. The predicted molar refractivity (Wildman–Crippen MR) is 106 cm³/mol. The molecular weight excluding hydrogens is 387 g/mol. The summed E-state index contributed by atoms with van der Waals surface area (Å²) < 4.78 is 18.9. The molecule has 0 amide bonds. The molecule has 3 aromatic rings. The van der Waals surface area contributed by atoms with E-state index in [2.05, 4.69) is 15.5 Å². The first-order valence-corrected chi connectivity index (χ1v) is 9.28. The molecule has 2 aromatic carbocycles. The molecule has 0 unspecified atom stereocenters. The van der Waals surface area contributed by atoms with Crippen molar-refractivity contribution in [3.63, 3.8) is 0 Å². The van der Waals surface area contributed by atoms with Gasteiger partial charge >= 0.3 is 0 Å². The molecular formula is C19H16ClFN4OS. The van der Waals surface area contributed by atoms with Gasteiger partial charge in [-0.2, -0.15) is 0 Å². The van der Waals surface area contributed by atoms with Crippen LogP contribution in [0, 0.1) is 5.82 Å². The second kappa shape index (κ2) is 7.62. The largest absolute Gasteiger partial charge is 0.419 e. The molecule has 0 atom stereocenters. The molecule has 27 heavy (non-hydrogen) atoms. The van der Waals surface area contributed by atoms with E-state index in [4.69, 9.17) is 28.2 Å². The monoisotopic (exact) mass is 402 g/mol. The average Bonchev–Trinajstić information content (AvgIpc) is 3.40. The molecule has 1 heterocycles. The van der Waals surface area contributed by atoms with Crippen LogP contribution >= 0.6 is 23.8 Å². The van der Waals surface area contributed by atoms with Crippen molar-refractivity contribution in [2.24, 2.45) is 0 Å². The van der Waals surface area contributed by atoms with Crippen LogP contribution in [0.4, 0.5) is 10.1 Å². The summed E-state index contributed by atoms with van der Waals surface area (Å²) in [5.74, 6) is 0.635. The first-order chi connectivity index (χ1) is 13.1. The van der Waals surface area contributed by atoms with Gasteiger partial charge in [-0.05, 0) is 73.6 Å². The van der Waals surface area contributed by atoms with Gasteiger partial charge in [0.15, 0.2) is 5.11 Å². The number of benzene rings is 2. The number of thiocarbonyl (C=S) groups is 1. The molecule has 0 aliphatic heterocycles. The van der Waals surface area contributed by atoms with Gasteiger partial charge in [-0.1, -0.05) is 11.6 Å². The first kappa shape index (κ1) is 17.9. The Bertz CT molecular complexity index is 941. The van der Waals surface area contributed by atoms with Gasteiger partial charge in [0, 0.05) is 22.3 Å². The van der Waals surface area contributed by atoms with E-state index >= 15 is 0 Å². The quantitative estimate of drug-likeness (QED) is 0.613. The lowest BCUT2D eigenvalue weighted by Crippen LogP contribution is -2.36. The van der Waals surface area contributed by atoms with Crippen LogP contribution in [0.25, 0.3) is 11.5 Å². The summed E-state index contributed by atoms with van der Waals surface area (Å²) in [6, 6.07) is 13.6. The maximum Gasteiger partial charge on any atom is 0.247 e. The Morgan fingerprint density at radius 3 is 2.52 bits per heavy atom. The lowest BCUT2D eigenvalue weighted by Gasteiger charge is -2.24. The van der Waals surface area contributed by atoms with E-state index < -0.39 is 0 Å². The molecule has 0 radical (unpaired) electrons. The minimum absolute atomic E-state index is 0.286. The van der Waals surface area contributed by atoms with Crippen molar-refractivity contribution in [2.75, 3.05) is 5.32 Å². The van der Waals surface area contributed by atoms with E-state index in [9.17, 15) is 4.39 Å². The Labute approximate surface area is 166 Å². The zero-order valence-corrected chi connectivity index (χ0v) is 15.8. The summed E-state index contributed by atoms with van der Waals surface area (Å²) >= 11 is 11.4. The van der Waals surface area contributed by atoms with Gasteiger partial charge < -0.3 is 14.6 Å². The zero-order chi connectivity index (χ0) is 18.8. The number of rotatable bonds is 5. The summed E-state index contributed by atoms with van der Waals surface area (Å²) in [4.78, 5) is 2.03. The van der Waals surface area contributed by atoms with E-state index in [1.165, 1.54) is 12.1 Å². The van der Waals surface area contributed by atoms with Gasteiger partial charge in [0.05, 0.1) is 6.54 Å². The van der Waals surface area contributed by atoms with Crippen molar-refractivity contribution >= 4 is 34.6 Å². The van der Waals surface area contributed by atoms with E-state index in [1.54, 1.807) is 24.3 Å². The third-order valence-corrected chi connectivity index (χ3v) is 4.80. The van der Waals surface area contributed by atoms with Crippen LogP contribution in [0.1, 0.15) is 18.7 Å². The van der Waals surface area contributed by atoms with Crippen LogP contribution in [0.2, 0.25) is 5.02 Å². The molecule has 1 aliphatic carbocycles. The molecule has 0 spiro atoms. The summed E-state index contributed by atoms with van der Waals surface area (Å²) in [7, 11) is 0. The van der Waals surface area contributed by atoms with E-state index in [-0.39, 0.29) is 5.82 Å². The van der Waals surface area contributed by atoms with Gasteiger partial charge in [-0.3, -0.25) is 0 Å². The first-order valence-electron chi connectivity index (χ1n) is 8.50. The van der Waals surface area contributed by atoms with E-state index in [0.29, 0.717) is 34.5 Å². The fraction of sp³-hybridized carbons (Fsp3) is 0.211. The van der Waals surface area contributed by atoms with Gasteiger partial charge in [-0.25, -0.2) is 4.39 Å². The molecule has 0 bridgehead atoms. The van der Waals surface area contributed by atoms with Gasteiger partial charge in [0.1, 0.15) is 5.82 Å². The number of aromatic nitrogens is 2. The minimum Gasteiger partial charge on any atom is -0.419 e. The highest BCUT2D eigenvalue weighted by molar-refractivity contribution is 7.80. The Kier molecular flexibility index (Phi) is 5.05. The Hall–Kier alpha value is -2.51. The third-order valence-electron chi connectivity index (χ3n) is 4.21. The highest BCUT2D eigenvalue weighted by atomic mass is 35.5. The molecule has 5 nitrogen and oxygen atoms in total. The fourth-order valence-corrected chi connectivity index (χ4v) is 3.11. The average molecular weight is 403 g/mol. The molecule has 1 saturated carbocycles. The highest BCUT2D eigenvalue weighted by Gasteiger charge is 2.32. The molecule has 1 N–H and O–H groups in total. The smallest absolute Gasteiger partial charge is 0.247 e. The summed E-state index contributed by atoms with van der Waals surface area (Å²) in [5, 5.41) is 12.6. The number of hydrogen-bond donors (Lipinski definition) is 1. The molecule has 0 saturated heterocycles. The summed E-state index contributed by atoms with van der Waals surface area (Å²) in [6.07, 6.45) is 2.12. The van der Waals surface area contributed by atoms with Crippen molar-refractivity contribution < 1.29 is 8.81 Å². The summed E-state index contributed by atoms with van der Waals surface area (Å²) in [6.45, 7) is 0.415. The maximum atomic E-state index is 13.1. The van der Waals surface area contributed by atoms with Crippen molar-refractivity contribution in [3.8, 4) is 11.5 Å². The predicted octanol–water partition coefficient (Wildman–Crippen LogP) is 4.89. The van der Waals surface area contributed by atoms with Crippen LogP contribution in [-0.2, 0) is 6.54 Å². The molecule has 1 aromatic heterocycles. The molecule has 8 heteroatoms. The molecule has 1 aliphatic rings. The summed E-state index contributed by atoms with van der Waals surface area (Å²) in [5.41, 5.74) is 1.54. The normalized spacial score (nSPS) is 13.4. The lowest BCUT2D eigenvalue weighted by molar-refractivity contribution is 0.351. The SMILES string of the molecule is Fc1ccc(NC(=S)N(Cc2nnc(-c3ccc(Cl)cc3)o2)C2CC2)cc1. The number of anilines is 1. The van der Waals surface area contributed by atoms with Crippen LogP contribution < -0.4 is 5.32 Å². The minimum atomic E-state index is -0.286. The lowest BCUT2D eigenvalue weighted by atomic mass is 10.2. The van der Waals surface area contributed by atoms with Crippen molar-refractivity contribution in [1.82, 2.24) is 15.1 Å². The third kappa shape index (κ3) is 4.43. The van der Waals surface area contributed by atoms with Gasteiger partial charge in [0.2, 0.25) is 11.8 Å². The molecule has 1 fully saturated rings. The Morgan fingerprint density at radius 2 is 1.85 bits per heavy atom. The van der Waals surface area contributed by atoms with Crippen LogP contribution in [0.5, 0.6) is 0 Å². The highest BCUT2D eigenvalue weighted by Crippen LogP contribution is 2.29. The second-order valence-corrected chi connectivity index (χ2v) is 7.13. The number of hydrogen-bond acceptors (Lipinski definition) is 4. The van der Waals surface area contributed by atoms with Crippen molar-refractivity contribution in [3.05, 3.63) is 65.3 Å². The van der Waals surface area contributed by atoms with Crippen molar-refractivity contribution in [1.29, 1.82) is 0 Å². The van der Waals surface area contributed by atoms with Crippen LogP contribution in [0.3, 0.4) is 0 Å². The Balaban J connectivity index is 1.46. The van der Waals surface area contributed by atoms with Crippen molar-refractivity contribution in [2.45, 2.75) is 25.4 Å². The second-order valence-electron chi connectivity index (χ2n) is 6.30. The van der Waals surface area contributed by atoms with E-state index in [1.807, 2.05) is 17.0 Å². The number of nitrogens with one attached hydrogen (secondary N) is 1. The maximum absolute atomic E-state index is 13.1. The van der Waals surface area contributed by atoms with E-state index in [0.717, 1.165) is 24.1 Å². The zero-order valence-electron chi connectivity index (χ0n) is 14.2. The van der Waals surface area contributed by atoms with Crippen LogP contribution in [0.15, 0.2) is 52.9 Å². The van der Waals surface area contributed by atoms with Gasteiger partial charge in [-0.15, -0.1) is 10.2 Å². The number of nitrogens with zero attached hydrogens (tertiary/aromatic N) is 3. The van der Waals surface area contributed by atoms with Gasteiger partial charge in [0.25, 0.3) is 0 Å². The topological polar surface area (TPSA) is 54.2 Å². The molecule has 4 rings (SSSR count). The standard InChI is InChI=1S/C19H16ClFN4OS/c20-13-3-1-12(2-4-13)18-24-23-17(26-18)11-25(16-9-10-16)19(27)22-15-7-5-14(21)6-8-15/h1-8,16H,9-11H2,(H,22,27).